The van der Waals surface area contributed by atoms with Crippen molar-refractivity contribution in [1.82, 2.24) is 5.16 Å². The fourth-order valence-corrected chi connectivity index (χ4v) is 11.8. The van der Waals surface area contributed by atoms with Gasteiger partial charge in [-0.15, -0.1) is 0 Å². The topological polar surface area (TPSA) is 78.3 Å². The molecule has 0 spiro atoms. The molecule has 6 heteroatoms. The van der Waals surface area contributed by atoms with E-state index < -0.39 is 8.32 Å². The van der Waals surface area contributed by atoms with Crippen LogP contribution in [-0.4, -0.2) is 26.0 Å². The van der Waals surface area contributed by atoms with Gasteiger partial charge in [0.25, 0.3) is 8.32 Å². The molecule has 2 N–H and O–H groups in total. The van der Waals surface area contributed by atoms with E-state index in [2.05, 4.69) is 100 Å². The molecule has 1 amide bonds. The molecule has 1 heterocycles. The number of hydrogen-bond donors (Lipinski definition) is 1. The lowest BCUT2D eigenvalue weighted by atomic mass is 9.69. The van der Waals surface area contributed by atoms with Crippen LogP contribution in [0.25, 0.3) is 0 Å². The van der Waals surface area contributed by atoms with E-state index >= 15 is 0 Å². The lowest BCUT2D eigenvalue weighted by Crippen LogP contribution is -2.66. The highest BCUT2D eigenvalue weighted by molar-refractivity contribution is 6.99. The second kappa shape index (κ2) is 12.3. The van der Waals surface area contributed by atoms with Crippen LogP contribution in [0.3, 0.4) is 0 Å². The maximum Gasteiger partial charge on any atom is 0.261 e. The van der Waals surface area contributed by atoms with Crippen LogP contribution in [0, 0.1) is 11.8 Å². The highest BCUT2D eigenvalue weighted by Gasteiger charge is 2.50. The number of nitrogens with two attached hydrogens (primary N) is 1. The smallest absolute Gasteiger partial charge is 0.261 e. The summed E-state index contributed by atoms with van der Waals surface area (Å²) in [6.45, 7) is 12.0. The molecule has 2 saturated carbocycles. The first-order chi connectivity index (χ1) is 19.6. The zero-order valence-corrected chi connectivity index (χ0v) is 26.6. The van der Waals surface area contributed by atoms with Gasteiger partial charge < -0.3 is 14.7 Å². The van der Waals surface area contributed by atoms with Crippen molar-refractivity contribution < 1.29 is 13.7 Å². The summed E-state index contributed by atoms with van der Waals surface area (Å²) >= 11 is 0. The molecule has 5 rings (SSSR count). The summed E-state index contributed by atoms with van der Waals surface area (Å²) in [6, 6.07) is 21.4. The monoisotopic (exact) mass is 572 g/mol. The van der Waals surface area contributed by atoms with Gasteiger partial charge in [-0.3, -0.25) is 4.79 Å². The second-order valence-corrected chi connectivity index (χ2v) is 18.3. The minimum atomic E-state index is -2.67. The van der Waals surface area contributed by atoms with Crippen LogP contribution in [0.5, 0.6) is 0 Å². The highest BCUT2D eigenvalue weighted by Crippen LogP contribution is 2.52. The van der Waals surface area contributed by atoms with Crippen molar-refractivity contribution >= 4 is 24.6 Å². The van der Waals surface area contributed by atoms with Crippen LogP contribution in [0.1, 0.15) is 114 Å². The number of carbonyl (C=O) groups is 1. The van der Waals surface area contributed by atoms with E-state index in [0.29, 0.717) is 24.9 Å². The number of benzene rings is 2. The van der Waals surface area contributed by atoms with Gasteiger partial charge in [0, 0.05) is 30.4 Å². The lowest BCUT2D eigenvalue weighted by Gasteiger charge is -2.43. The Balaban J connectivity index is 1.41. The van der Waals surface area contributed by atoms with Crippen LogP contribution < -0.4 is 16.1 Å². The van der Waals surface area contributed by atoms with Crippen molar-refractivity contribution in [3.8, 4) is 0 Å². The Kier molecular flexibility index (Phi) is 8.91. The standard InChI is InChI=1S/C35H48N2O3Si/c1-24(2)20-25-21-28(22-25)34-32(26-16-17-26)33(37-40-34)27(23-31(36)38)18-19-39-41(35(3,4)5,29-12-8-6-9-13-29)30-14-10-7-11-15-30/h6-15,24-28H,16-23H2,1-5H3,(H2,36,38). The Morgan fingerprint density at radius 3 is 2.07 bits per heavy atom. The van der Waals surface area contributed by atoms with Crippen molar-refractivity contribution in [1.29, 1.82) is 0 Å². The average Bonchev–Trinajstić information content (AvgIpc) is 3.66. The zero-order chi connectivity index (χ0) is 29.2. The van der Waals surface area contributed by atoms with Crippen LogP contribution in [0.2, 0.25) is 5.04 Å². The molecule has 3 aromatic rings. The molecule has 0 radical (unpaired) electrons. The predicted octanol–water partition coefficient (Wildman–Crippen LogP) is 7.02. The first-order valence-electron chi connectivity index (χ1n) is 15.6. The van der Waals surface area contributed by atoms with Gasteiger partial charge in [0.15, 0.2) is 0 Å². The van der Waals surface area contributed by atoms with E-state index in [1.54, 1.807) is 0 Å². The first kappa shape index (κ1) is 29.8. The molecule has 0 saturated heterocycles. The molecule has 41 heavy (non-hydrogen) atoms. The highest BCUT2D eigenvalue weighted by atomic mass is 28.4. The molecule has 1 aromatic heterocycles. The predicted molar refractivity (Wildman–Crippen MR) is 168 cm³/mol. The third-order valence-corrected chi connectivity index (χ3v) is 14.3. The first-order valence-corrected chi connectivity index (χ1v) is 17.5. The summed E-state index contributed by atoms with van der Waals surface area (Å²) in [5.74, 6) is 3.15. The van der Waals surface area contributed by atoms with E-state index in [-0.39, 0.29) is 23.3 Å². The number of primary amides is 1. The third-order valence-electron chi connectivity index (χ3n) is 9.22. The molecule has 2 aliphatic rings. The van der Waals surface area contributed by atoms with E-state index in [1.165, 1.54) is 48.0 Å². The second-order valence-electron chi connectivity index (χ2n) is 14.0. The summed E-state index contributed by atoms with van der Waals surface area (Å²) in [5, 5.41) is 7.08. The molecular formula is C35H48N2O3Si. The van der Waals surface area contributed by atoms with Gasteiger partial charge in [-0.25, -0.2) is 0 Å². The summed E-state index contributed by atoms with van der Waals surface area (Å²) < 4.78 is 13.3. The maximum atomic E-state index is 12.3. The summed E-state index contributed by atoms with van der Waals surface area (Å²) in [5.41, 5.74) is 8.07. The number of nitrogens with zero attached hydrogens (tertiary/aromatic N) is 1. The van der Waals surface area contributed by atoms with Crippen molar-refractivity contribution in [3.05, 3.63) is 77.7 Å². The SMILES string of the molecule is CC(C)CC1CC(c2onc(C(CCO[Si](c3ccccc3)(c3ccccc3)C(C)(C)C)CC(N)=O)c2C2CC2)C1. The van der Waals surface area contributed by atoms with Gasteiger partial charge in [-0.05, 0) is 71.7 Å². The van der Waals surface area contributed by atoms with Crippen molar-refractivity contribution in [3.63, 3.8) is 0 Å². The Hall–Kier alpha value is -2.70. The number of amides is 1. The minimum Gasteiger partial charge on any atom is -0.407 e. The maximum absolute atomic E-state index is 12.3. The van der Waals surface area contributed by atoms with Gasteiger partial charge in [-0.2, -0.15) is 0 Å². The third kappa shape index (κ3) is 6.39. The molecule has 1 atom stereocenters. The van der Waals surface area contributed by atoms with Gasteiger partial charge in [-0.1, -0.05) is 100 Å². The van der Waals surface area contributed by atoms with Crippen LogP contribution in [0.15, 0.2) is 65.2 Å². The Morgan fingerprint density at radius 2 is 1.59 bits per heavy atom. The van der Waals surface area contributed by atoms with Crippen LogP contribution in [-0.2, 0) is 9.22 Å². The molecule has 220 valence electrons. The van der Waals surface area contributed by atoms with Crippen molar-refractivity contribution in [2.24, 2.45) is 17.6 Å². The Morgan fingerprint density at radius 1 is 1.00 bits per heavy atom. The number of aromatic nitrogens is 1. The average molecular weight is 573 g/mol. The minimum absolute atomic E-state index is 0.105. The Bertz CT molecular complexity index is 1250. The van der Waals surface area contributed by atoms with Gasteiger partial charge >= 0.3 is 0 Å². The van der Waals surface area contributed by atoms with Gasteiger partial charge in [0.1, 0.15) is 5.76 Å². The summed E-state index contributed by atoms with van der Waals surface area (Å²) in [7, 11) is -2.67. The van der Waals surface area contributed by atoms with E-state index in [1.807, 2.05) is 0 Å². The largest absolute Gasteiger partial charge is 0.407 e. The number of carbonyl (C=O) groups excluding carboxylic acids is 1. The van der Waals surface area contributed by atoms with Crippen LogP contribution >= 0.6 is 0 Å². The summed E-state index contributed by atoms with van der Waals surface area (Å²) in [4.78, 5) is 12.3. The van der Waals surface area contributed by atoms with Crippen LogP contribution in [0.4, 0.5) is 0 Å². The van der Waals surface area contributed by atoms with E-state index in [0.717, 1.165) is 23.3 Å². The van der Waals surface area contributed by atoms with Crippen molar-refractivity contribution in [2.45, 2.75) is 102 Å². The summed E-state index contributed by atoms with van der Waals surface area (Å²) in [6.07, 6.45) is 6.93. The number of hydrogen-bond acceptors (Lipinski definition) is 4. The molecule has 2 fully saturated rings. The van der Waals surface area contributed by atoms with Gasteiger partial charge in [0.05, 0.1) is 5.69 Å². The van der Waals surface area contributed by atoms with E-state index in [4.69, 9.17) is 14.7 Å². The molecule has 2 aromatic carbocycles. The fraction of sp³-hybridized carbons (Fsp3) is 0.543. The molecule has 0 bridgehead atoms. The quantitative estimate of drug-likeness (QED) is 0.223. The van der Waals surface area contributed by atoms with E-state index in [9.17, 15) is 4.79 Å². The van der Waals surface area contributed by atoms with Crippen molar-refractivity contribution in [2.75, 3.05) is 6.61 Å². The Labute approximate surface area is 247 Å². The lowest BCUT2D eigenvalue weighted by molar-refractivity contribution is -0.118. The molecule has 5 nitrogen and oxygen atoms in total. The molecular weight excluding hydrogens is 524 g/mol. The zero-order valence-electron chi connectivity index (χ0n) is 25.6. The number of rotatable bonds is 13. The molecule has 1 unspecified atom stereocenters. The molecule has 2 aliphatic carbocycles. The van der Waals surface area contributed by atoms with Gasteiger partial charge in [0.2, 0.25) is 5.91 Å². The fourth-order valence-electron chi connectivity index (χ4n) is 7.20. The normalized spacial score (nSPS) is 20.1. The molecule has 0 aliphatic heterocycles.